The minimum absolute atomic E-state index is 0.225. The zero-order valence-corrected chi connectivity index (χ0v) is 23.4. The van der Waals surface area contributed by atoms with Gasteiger partial charge in [0.2, 0.25) is 0 Å². The molecule has 0 aliphatic rings. The lowest BCUT2D eigenvalue weighted by Crippen LogP contribution is -2.22. The molecular weight excluding hydrogens is 649 g/mol. The van der Waals surface area contributed by atoms with Gasteiger partial charge in [0.05, 0.1) is 28.7 Å². The maximum absolute atomic E-state index is 13.2. The number of fused-ring (bicyclic) bond motifs is 1. The molecule has 180 valence electrons. The molecule has 0 saturated carbocycles. The smallest absolute Gasteiger partial charge is 0.282 e. The Labute approximate surface area is 226 Å². The summed E-state index contributed by atoms with van der Waals surface area (Å²) < 4.78 is 28.1. The lowest BCUT2D eigenvalue weighted by Gasteiger charge is -2.15. The molecule has 10 heteroatoms. The molecule has 0 fully saturated rings. The van der Waals surface area contributed by atoms with E-state index in [1.807, 2.05) is 13.0 Å². The van der Waals surface area contributed by atoms with Crippen molar-refractivity contribution in [3.63, 3.8) is 0 Å². The number of hydrogen-bond acceptors (Lipinski definition) is 5. The highest BCUT2D eigenvalue weighted by atomic mass is 79.9. The number of methoxy groups -OCH3 is 1. The van der Waals surface area contributed by atoms with E-state index in [4.69, 9.17) is 9.47 Å². The number of aryl methyl sites for hydroxylation is 1. The Bertz CT molecular complexity index is 1490. The summed E-state index contributed by atoms with van der Waals surface area (Å²) in [7, 11) is 1.53. The maximum Gasteiger partial charge on any atom is 0.282 e. The fourth-order valence-electron chi connectivity index (χ4n) is 3.38. The van der Waals surface area contributed by atoms with Gasteiger partial charge in [-0.2, -0.15) is 9.78 Å². The van der Waals surface area contributed by atoms with Gasteiger partial charge in [-0.1, -0.05) is 35.0 Å². The predicted octanol–water partition coefficient (Wildman–Crippen LogP) is 6.86. The summed E-state index contributed by atoms with van der Waals surface area (Å²) in [5.74, 6) is 1.18. The summed E-state index contributed by atoms with van der Waals surface area (Å²) >= 11 is 10.5. The third kappa shape index (κ3) is 5.49. The van der Waals surface area contributed by atoms with E-state index in [0.29, 0.717) is 49.2 Å². The lowest BCUT2D eigenvalue weighted by atomic mass is 10.2. The molecule has 4 aromatic rings. The Morgan fingerprint density at radius 2 is 1.83 bits per heavy atom. The lowest BCUT2D eigenvalue weighted by molar-refractivity contribution is 0.282. The van der Waals surface area contributed by atoms with Crippen LogP contribution >= 0.6 is 47.8 Å². The first-order valence-corrected chi connectivity index (χ1v) is 12.9. The van der Waals surface area contributed by atoms with Crippen molar-refractivity contribution in [2.45, 2.75) is 20.0 Å². The minimum atomic E-state index is -0.307. The molecule has 0 unspecified atom stereocenters. The van der Waals surface area contributed by atoms with Crippen LogP contribution in [-0.4, -0.2) is 23.0 Å². The van der Waals surface area contributed by atoms with Gasteiger partial charge in [-0.25, -0.2) is 9.37 Å². The molecule has 0 radical (unpaired) electrons. The largest absolute Gasteiger partial charge is 0.493 e. The molecule has 0 atom stereocenters. The van der Waals surface area contributed by atoms with Crippen LogP contribution in [0.1, 0.15) is 23.9 Å². The topological polar surface area (TPSA) is 65.7 Å². The van der Waals surface area contributed by atoms with Gasteiger partial charge in [-0.05, 0) is 73.8 Å². The molecule has 0 spiro atoms. The second kappa shape index (κ2) is 11.0. The molecule has 4 rings (SSSR count). The van der Waals surface area contributed by atoms with E-state index in [1.54, 1.807) is 36.5 Å². The van der Waals surface area contributed by atoms with Crippen molar-refractivity contribution in [1.29, 1.82) is 0 Å². The molecule has 0 aliphatic carbocycles. The average Bonchev–Trinajstić information content (AvgIpc) is 2.86. The zero-order valence-electron chi connectivity index (χ0n) is 18.7. The monoisotopic (exact) mass is 665 g/mol. The molecule has 0 bridgehead atoms. The summed E-state index contributed by atoms with van der Waals surface area (Å²) in [5, 5.41) is 4.92. The summed E-state index contributed by atoms with van der Waals surface area (Å²) in [6.45, 7) is 2.14. The van der Waals surface area contributed by atoms with Crippen LogP contribution in [0.5, 0.6) is 11.5 Å². The molecule has 6 nitrogen and oxygen atoms in total. The number of rotatable bonds is 7. The van der Waals surface area contributed by atoms with Crippen molar-refractivity contribution in [2.75, 3.05) is 7.11 Å². The third-order valence-corrected chi connectivity index (χ3v) is 7.81. The first-order chi connectivity index (χ1) is 16.8. The summed E-state index contributed by atoms with van der Waals surface area (Å²) in [6, 6.07) is 13.2. The van der Waals surface area contributed by atoms with E-state index in [1.165, 1.54) is 23.9 Å². The van der Waals surface area contributed by atoms with Gasteiger partial charge in [0, 0.05) is 20.9 Å². The molecule has 1 heterocycles. The highest BCUT2D eigenvalue weighted by molar-refractivity contribution is 9.13. The fraction of sp³-hybridized carbons (Fsp3) is 0.160. The second-order valence-corrected chi connectivity index (χ2v) is 9.95. The van der Waals surface area contributed by atoms with Gasteiger partial charge in [0.15, 0.2) is 11.5 Å². The van der Waals surface area contributed by atoms with Crippen molar-refractivity contribution in [1.82, 2.24) is 9.66 Å². The third-order valence-electron chi connectivity index (χ3n) is 5.18. The maximum atomic E-state index is 13.2. The van der Waals surface area contributed by atoms with Gasteiger partial charge in [-0.3, -0.25) is 4.79 Å². The second-order valence-electron chi connectivity index (χ2n) is 7.44. The van der Waals surface area contributed by atoms with Crippen molar-refractivity contribution in [3.8, 4) is 11.5 Å². The first-order valence-electron chi connectivity index (χ1n) is 10.5. The Morgan fingerprint density at radius 1 is 1.09 bits per heavy atom. The van der Waals surface area contributed by atoms with Crippen LogP contribution in [0, 0.1) is 5.82 Å². The number of nitrogens with zero attached hydrogens (tertiary/aromatic N) is 3. The summed E-state index contributed by atoms with van der Waals surface area (Å²) in [6.07, 6.45) is 2.09. The van der Waals surface area contributed by atoms with Crippen molar-refractivity contribution in [2.24, 2.45) is 5.10 Å². The van der Waals surface area contributed by atoms with Crippen molar-refractivity contribution in [3.05, 3.63) is 95.1 Å². The molecule has 0 aliphatic heterocycles. The zero-order chi connectivity index (χ0) is 25.1. The molecular formula is C25H19Br3FN3O3. The number of hydrogen-bond donors (Lipinski definition) is 0. The molecule has 35 heavy (non-hydrogen) atoms. The van der Waals surface area contributed by atoms with E-state index in [2.05, 4.69) is 57.9 Å². The number of halogens is 4. The highest BCUT2D eigenvalue weighted by Gasteiger charge is 2.17. The van der Waals surface area contributed by atoms with Crippen LogP contribution in [0.15, 0.2) is 71.8 Å². The van der Waals surface area contributed by atoms with Crippen molar-refractivity contribution < 1.29 is 13.9 Å². The van der Waals surface area contributed by atoms with Crippen LogP contribution in [-0.2, 0) is 13.0 Å². The molecule has 1 aromatic heterocycles. The SMILES string of the molecule is CCc1nc2ccc(Br)cc2c(=O)n1N=Cc1cc(OC)c(OCc2ccc(F)cc2)c(Br)c1Br. The Morgan fingerprint density at radius 3 is 2.51 bits per heavy atom. The van der Waals surface area contributed by atoms with E-state index in [0.717, 1.165) is 10.0 Å². The summed E-state index contributed by atoms with van der Waals surface area (Å²) in [5.41, 5.74) is 1.83. The van der Waals surface area contributed by atoms with Gasteiger partial charge < -0.3 is 9.47 Å². The Balaban J connectivity index is 1.70. The normalized spacial score (nSPS) is 11.4. The molecule has 3 aromatic carbocycles. The Hall–Kier alpha value is -2.56. The summed E-state index contributed by atoms with van der Waals surface area (Å²) in [4.78, 5) is 17.7. The van der Waals surface area contributed by atoms with Gasteiger partial charge in [0.1, 0.15) is 18.2 Å². The minimum Gasteiger partial charge on any atom is -0.493 e. The van der Waals surface area contributed by atoms with Gasteiger partial charge in [-0.15, -0.1) is 0 Å². The predicted molar refractivity (Wildman–Crippen MR) is 145 cm³/mol. The van der Waals surface area contributed by atoms with Crippen LogP contribution in [0.3, 0.4) is 0 Å². The molecule has 0 N–H and O–H groups in total. The van der Waals surface area contributed by atoms with Crippen LogP contribution in [0.4, 0.5) is 4.39 Å². The van der Waals surface area contributed by atoms with E-state index >= 15 is 0 Å². The number of aromatic nitrogens is 2. The molecule has 0 amide bonds. The van der Waals surface area contributed by atoms with Gasteiger partial charge >= 0.3 is 0 Å². The van der Waals surface area contributed by atoms with Crippen molar-refractivity contribution >= 4 is 64.9 Å². The standard InChI is InChI=1S/C25H19Br3FN3O3/c1-3-21-31-19-9-6-16(26)11-18(19)25(33)32(21)30-12-15-10-20(34-2)24(23(28)22(15)27)35-13-14-4-7-17(29)8-5-14/h4-12H,3,13H2,1-2H3. The average molecular weight is 668 g/mol. The highest BCUT2D eigenvalue weighted by Crippen LogP contribution is 2.42. The van der Waals surface area contributed by atoms with Crippen LogP contribution in [0.2, 0.25) is 0 Å². The fourth-order valence-corrected chi connectivity index (χ4v) is 4.68. The number of ether oxygens (including phenoxy) is 2. The first kappa shape index (κ1) is 25.5. The van der Waals surface area contributed by atoms with Gasteiger partial charge in [0.25, 0.3) is 5.56 Å². The van der Waals surface area contributed by atoms with Crippen LogP contribution < -0.4 is 15.0 Å². The van der Waals surface area contributed by atoms with Crippen LogP contribution in [0.25, 0.3) is 10.9 Å². The van der Waals surface area contributed by atoms with E-state index < -0.39 is 0 Å². The van der Waals surface area contributed by atoms with E-state index in [9.17, 15) is 9.18 Å². The quantitative estimate of drug-likeness (QED) is 0.202. The Kier molecular flexibility index (Phi) is 8.03. The molecule has 0 saturated heterocycles. The number of benzene rings is 3. The van der Waals surface area contributed by atoms with E-state index in [-0.39, 0.29) is 18.0 Å².